The van der Waals surface area contributed by atoms with E-state index >= 15 is 0 Å². The number of amides is 1. The zero-order chi connectivity index (χ0) is 22.5. The van der Waals surface area contributed by atoms with Crippen molar-refractivity contribution in [2.75, 3.05) is 6.54 Å². The van der Waals surface area contributed by atoms with Gasteiger partial charge in [0.05, 0.1) is 17.1 Å². The second-order valence-electron chi connectivity index (χ2n) is 9.16. The summed E-state index contributed by atoms with van der Waals surface area (Å²) in [6.07, 6.45) is 1.28. The molecule has 31 heavy (non-hydrogen) atoms. The number of nitrogens with zero attached hydrogens (tertiary/aromatic N) is 4. The number of hydrogen-bond donors (Lipinski definition) is 1. The Kier molecular flexibility index (Phi) is 5.07. The highest BCUT2D eigenvalue weighted by Crippen LogP contribution is 2.28. The average molecular weight is 425 g/mol. The molecule has 1 unspecified atom stereocenters. The Bertz CT molecular complexity index is 1250. The van der Waals surface area contributed by atoms with Crippen molar-refractivity contribution in [2.45, 2.75) is 65.6 Å². The summed E-state index contributed by atoms with van der Waals surface area (Å²) < 4.78 is 7.42. The minimum Gasteiger partial charge on any atom is -0.444 e. The molecular formula is C22H27N5O4. The van der Waals surface area contributed by atoms with E-state index in [0.29, 0.717) is 18.6 Å². The summed E-state index contributed by atoms with van der Waals surface area (Å²) in [7, 11) is 0. The van der Waals surface area contributed by atoms with Crippen molar-refractivity contribution < 1.29 is 9.53 Å². The molecule has 164 valence electrons. The quantitative estimate of drug-likeness (QED) is 0.632. The summed E-state index contributed by atoms with van der Waals surface area (Å²) in [5.41, 5.74) is 1.75. The zero-order valence-electron chi connectivity index (χ0n) is 18.5. The number of H-pyrrole nitrogens is 1. The van der Waals surface area contributed by atoms with E-state index < -0.39 is 16.9 Å². The number of carbonyl (C=O) groups is 1. The lowest BCUT2D eigenvalue weighted by Gasteiger charge is -2.30. The number of aromatic amines is 1. The summed E-state index contributed by atoms with van der Waals surface area (Å²) in [4.78, 5) is 49.7. The Morgan fingerprint density at radius 1 is 1.19 bits per heavy atom. The molecule has 0 aromatic heterocycles. The first-order valence-corrected chi connectivity index (χ1v) is 10.4. The molecule has 1 aromatic rings. The van der Waals surface area contributed by atoms with Crippen LogP contribution in [0.5, 0.6) is 0 Å². The van der Waals surface area contributed by atoms with E-state index in [9.17, 15) is 14.4 Å². The van der Waals surface area contributed by atoms with E-state index in [0.717, 1.165) is 29.5 Å². The molecule has 9 heteroatoms. The van der Waals surface area contributed by atoms with Crippen LogP contribution in [0, 0.1) is 13.8 Å². The Morgan fingerprint density at radius 3 is 2.61 bits per heavy atom. The minimum atomic E-state index is -0.716. The molecule has 1 saturated heterocycles. The third-order valence-corrected chi connectivity index (χ3v) is 5.62. The fourth-order valence-corrected chi connectivity index (χ4v) is 4.03. The maximum Gasteiger partial charge on any atom is 0.410 e. The maximum absolute atomic E-state index is 12.8. The van der Waals surface area contributed by atoms with Gasteiger partial charge < -0.3 is 14.2 Å². The summed E-state index contributed by atoms with van der Waals surface area (Å²) in [5.74, 6) is 0.223. The first-order chi connectivity index (χ1) is 14.5. The van der Waals surface area contributed by atoms with Crippen LogP contribution in [0.4, 0.5) is 4.79 Å². The second-order valence-corrected chi connectivity index (χ2v) is 9.16. The molecular weight excluding hydrogens is 398 g/mol. The third kappa shape index (κ3) is 4.04. The van der Waals surface area contributed by atoms with Gasteiger partial charge in [-0.2, -0.15) is 4.98 Å². The maximum atomic E-state index is 12.8. The Balaban J connectivity index is 1.85. The van der Waals surface area contributed by atoms with Gasteiger partial charge >= 0.3 is 11.8 Å². The largest absolute Gasteiger partial charge is 0.444 e. The smallest absolute Gasteiger partial charge is 0.410 e. The number of aryl methyl sites for hydroxylation is 2. The first kappa shape index (κ1) is 21.0. The lowest BCUT2D eigenvalue weighted by atomic mass is 10.1. The van der Waals surface area contributed by atoms with Gasteiger partial charge in [-0.15, -0.1) is 0 Å². The number of hydrogen-bond acceptors (Lipinski definition) is 6. The Hall–Kier alpha value is -3.23. The normalized spacial score (nSPS) is 16.9. The molecule has 3 aliphatic heterocycles. The SMILES string of the molecule is Cc1cc2nc3c(=O)[nH]c(=O)nc-3n(CC3CCCN3C(=O)OC(C)(C)C)c2cc1C. The number of nitrogens with one attached hydrogen (secondary N) is 1. The predicted octanol–water partition coefficient (Wildman–Crippen LogP) is 2.60. The molecule has 3 heterocycles. The number of likely N-dealkylation sites (tertiary alicyclic amines) is 1. The first-order valence-electron chi connectivity index (χ1n) is 10.4. The van der Waals surface area contributed by atoms with Crippen LogP contribution >= 0.6 is 0 Å². The van der Waals surface area contributed by atoms with E-state index in [1.165, 1.54) is 0 Å². The number of fused-ring (bicyclic) bond motifs is 2. The van der Waals surface area contributed by atoms with Crippen LogP contribution in [0.25, 0.3) is 22.6 Å². The van der Waals surface area contributed by atoms with Crippen LogP contribution in [-0.2, 0) is 11.3 Å². The van der Waals surface area contributed by atoms with Crippen LogP contribution in [0.15, 0.2) is 21.7 Å². The molecule has 1 aromatic carbocycles. The van der Waals surface area contributed by atoms with Crippen LogP contribution in [0.1, 0.15) is 44.7 Å². The van der Waals surface area contributed by atoms with Crippen molar-refractivity contribution in [3.63, 3.8) is 0 Å². The molecule has 1 N–H and O–H groups in total. The van der Waals surface area contributed by atoms with E-state index in [4.69, 9.17) is 4.74 Å². The van der Waals surface area contributed by atoms with Crippen LogP contribution < -0.4 is 11.2 Å². The van der Waals surface area contributed by atoms with Crippen molar-refractivity contribution in [3.05, 3.63) is 44.1 Å². The molecule has 0 spiro atoms. The molecule has 0 radical (unpaired) electrons. The molecule has 1 amide bonds. The molecule has 0 saturated carbocycles. The van der Waals surface area contributed by atoms with E-state index in [2.05, 4.69) is 15.0 Å². The summed E-state index contributed by atoms with van der Waals surface area (Å²) in [6, 6.07) is 3.76. The van der Waals surface area contributed by atoms with Gasteiger partial charge in [-0.05, 0) is 70.7 Å². The van der Waals surface area contributed by atoms with Gasteiger partial charge in [-0.3, -0.25) is 9.78 Å². The molecule has 4 rings (SSSR count). The third-order valence-electron chi connectivity index (χ3n) is 5.62. The van der Waals surface area contributed by atoms with E-state index in [1.807, 2.05) is 51.3 Å². The Labute approximate surface area is 179 Å². The second kappa shape index (κ2) is 7.47. The van der Waals surface area contributed by atoms with Gasteiger partial charge in [-0.25, -0.2) is 14.6 Å². The van der Waals surface area contributed by atoms with Gasteiger partial charge in [0.15, 0.2) is 11.5 Å². The lowest BCUT2D eigenvalue weighted by molar-refractivity contribution is 0.0215. The number of aromatic nitrogens is 4. The van der Waals surface area contributed by atoms with Crippen LogP contribution in [0.2, 0.25) is 0 Å². The number of benzene rings is 1. The highest BCUT2D eigenvalue weighted by molar-refractivity contribution is 5.81. The predicted molar refractivity (Wildman–Crippen MR) is 116 cm³/mol. The topological polar surface area (TPSA) is 110 Å². The molecule has 9 nitrogen and oxygen atoms in total. The summed E-state index contributed by atoms with van der Waals surface area (Å²) in [6.45, 7) is 10.5. The molecule has 1 fully saturated rings. The molecule has 3 aliphatic rings. The van der Waals surface area contributed by atoms with E-state index in [1.54, 1.807) is 4.90 Å². The summed E-state index contributed by atoms with van der Waals surface area (Å²) in [5, 5.41) is 0. The van der Waals surface area contributed by atoms with Crippen molar-refractivity contribution in [1.82, 2.24) is 24.4 Å². The molecule has 0 aliphatic carbocycles. The lowest BCUT2D eigenvalue weighted by Crippen LogP contribution is -2.42. The van der Waals surface area contributed by atoms with Crippen LogP contribution in [0.3, 0.4) is 0 Å². The molecule has 1 atom stereocenters. The van der Waals surface area contributed by atoms with Gasteiger partial charge in [0.25, 0.3) is 5.56 Å². The highest BCUT2D eigenvalue weighted by Gasteiger charge is 2.33. The van der Waals surface area contributed by atoms with Gasteiger partial charge in [0.2, 0.25) is 0 Å². The van der Waals surface area contributed by atoms with Crippen LogP contribution in [-0.4, -0.2) is 48.7 Å². The number of carbonyl (C=O) groups excluding carboxylic acids is 1. The van der Waals surface area contributed by atoms with Crippen molar-refractivity contribution >= 4 is 17.1 Å². The Morgan fingerprint density at radius 2 is 1.90 bits per heavy atom. The van der Waals surface area contributed by atoms with Gasteiger partial charge in [0, 0.05) is 13.1 Å². The fraction of sp³-hybridized carbons (Fsp3) is 0.500. The molecule has 0 bridgehead atoms. The highest BCUT2D eigenvalue weighted by atomic mass is 16.6. The van der Waals surface area contributed by atoms with Crippen molar-refractivity contribution in [2.24, 2.45) is 0 Å². The van der Waals surface area contributed by atoms with Gasteiger partial charge in [-0.1, -0.05) is 0 Å². The fourth-order valence-electron chi connectivity index (χ4n) is 4.03. The average Bonchev–Trinajstić information content (AvgIpc) is 3.11. The van der Waals surface area contributed by atoms with E-state index in [-0.39, 0.29) is 23.7 Å². The summed E-state index contributed by atoms with van der Waals surface area (Å²) >= 11 is 0. The standard InChI is InChI=1S/C22H27N5O4/c1-12-9-15-16(10-13(12)2)27(18-17(23-15)19(28)25-20(29)24-18)11-14-7-6-8-26(14)21(30)31-22(3,4)5/h9-10,14H,6-8,11H2,1-5H3,(H,25,28,29). The van der Waals surface area contributed by atoms with Crippen molar-refractivity contribution in [1.29, 1.82) is 0 Å². The number of ether oxygens (including phenoxy) is 1. The zero-order valence-corrected chi connectivity index (χ0v) is 18.5. The van der Waals surface area contributed by atoms with Gasteiger partial charge in [0.1, 0.15) is 5.60 Å². The monoisotopic (exact) mass is 425 g/mol. The number of rotatable bonds is 2. The van der Waals surface area contributed by atoms with Crippen molar-refractivity contribution in [3.8, 4) is 11.5 Å². The minimum absolute atomic E-state index is 0.108.